The highest BCUT2D eigenvalue weighted by molar-refractivity contribution is 9.11. The lowest BCUT2D eigenvalue weighted by Crippen LogP contribution is -2.43. The fraction of sp³-hybridized carbons (Fsp3) is 0.276. The van der Waals surface area contributed by atoms with Crippen LogP contribution < -0.4 is 24.4 Å². The van der Waals surface area contributed by atoms with Crippen molar-refractivity contribution in [2.45, 2.75) is 26.8 Å². The van der Waals surface area contributed by atoms with E-state index in [4.69, 9.17) is 14.5 Å². The van der Waals surface area contributed by atoms with Gasteiger partial charge in [-0.05, 0) is 82.5 Å². The van der Waals surface area contributed by atoms with Crippen LogP contribution in [0.3, 0.4) is 0 Å². The number of carbonyl (C=O) groups is 1. The first kappa shape index (κ1) is 29.0. The van der Waals surface area contributed by atoms with Gasteiger partial charge in [0, 0.05) is 18.7 Å². The van der Waals surface area contributed by atoms with E-state index in [0.717, 1.165) is 20.1 Å². The fourth-order valence-corrected chi connectivity index (χ4v) is 7.05. The summed E-state index contributed by atoms with van der Waals surface area (Å²) in [6.07, 6.45) is 3.49. The van der Waals surface area contributed by atoms with E-state index in [-0.39, 0.29) is 11.5 Å². The molecule has 0 fully saturated rings. The van der Waals surface area contributed by atoms with E-state index in [0.29, 0.717) is 51.8 Å². The molecule has 1 aromatic heterocycles. The predicted molar refractivity (Wildman–Crippen MR) is 162 cm³/mol. The molecule has 0 radical (unpaired) electrons. The Morgan fingerprint density at radius 1 is 1.21 bits per heavy atom. The van der Waals surface area contributed by atoms with E-state index in [1.54, 1.807) is 22.7 Å². The zero-order valence-electron chi connectivity index (χ0n) is 22.2. The zero-order chi connectivity index (χ0) is 28.3. The summed E-state index contributed by atoms with van der Waals surface area (Å²) in [7, 11) is 1.59. The van der Waals surface area contributed by atoms with E-state index >= 15 is 0 Å². The Hall–Kier alpha value is -2.95. The summed E-state index contributed by atoms with van der Waals surface area (Å²) < 4.78 is 15.0. The standard InChI is InChI=1S/C29H29Br2N3O4S/c1-6-13-38-26-20(30)14-18(15-21(26)31)16-23-27(35)34-25(19-11-9-10-12-22(19)37-5)24(17(4)32-29(34)39-23)28(36)33(7-2)8-3/h6,9-12,14-16,25H,1,7-8,13H2,2-5H3/b23-16+/t25-/m1/s1. The lowest BCUT2D eigenvalue weighted by molar-refractivity contribution is -0.127. The molecule has 0 saturated heterocycles. The van der Waals surface area contributed by atoms with Crippen LogP contribution in [0.4, 0.5) is 0 Å². The van der Waals surface area contributed by atoms with Crippen molar-refractivity contribution in [2.24, 2.45) is 4.99 Å². The van der Waals surface area contributed by atoms with Crippen molar-refractivity contribution >= 4 is 55.2 Å². The summed E-state index contributed by atoms with van der Waals surface area (Å²) in [5, 5.41) is 0. The maximum atomic E-state index is 14.0. The van der Waals surface area contributed by atoms with Gasteiger partial charge in [-0.3, -0.25) is 14.2 Å². The maximum Gasteiger partial charge on any atom is 0.271 e. The average molecular weight is 675 g/mol. The molecule has 1 aliphatic heterocycles. The number of amides is 1. The van der Waals surface area contributed by atoms with Crippen molar-refractivity contribution in [3.05, 3.63) is 100 Å². The largest absolute Gasteiger partial charge is 0.496 e. The Kier molecular flexibility index (Phi) is 9.30. The van der Waals surface area contributed by atoms with Crippen LogP contribution in [0, 0.1) is 0 Å². The summed E-state index contributed by atoms with van der Waals surface area (Å²) in [5.41, 5.74) is 2.35. The summed E-state index contributed by atoms with van der Waals surface area (Å²) in [6.45, 7) is 10.9. The molecule has 0 aliphatic carbocycles. The highest BCUT2D eigenvalue weighted by Crippen LogP contribution is 2.37. The zero-order valence-corrected chi connectivity index (χ0v) is 26.2. The molecule has 0 saturated carbocycles. The molecular weight excluding hydrogens is 646 g/mol. The van der Waals surface area contributed by atoms with Crippen LogP contribution in [-0.4, -0.2) is 42.2 Å². The number of benzene rings is 2. The summed E-state index contributed by atoms with van der Waals surface area (Å²) >= 11 is 8.41. The van der Waals surface area contributed by atoms with Crippen molar-refractivity contribution in [3.8, 4) is 11.5 Å². The SMILES string of the molecule is C=CCOc1c(Br)cc(/C=c2/sc3n(c2=O)[C@H](c2ccccc2OC)C(C(=O)N(CC)CC)=C(C)N=3)cc1Br. The molecule has 7 nitrogen and oxygen atoms in total. The van der Waals surface area contributed by atoms with Gasteiger partial charge in [0.25, 0.3) is 11.5 Å². The van der Waals surface area contributed by atoms with Crippen molar-refractivity contribution < 1.29 is 14.3 Å². The van der Waals surface area contributed by atoms with Gasteiger partial charge < -0.3 is 14.4 Å². The molecule has 2 aromatic carbocycles. The molecule has 0 spiro atoms. The van der Waals surface area contributed by atoms with Crippen LogP contribution in [0.5, 0.6) is 11.5 Å². The smallest absolute Gasteiger partial charge is 0.271 e. The van der Waals surface area contributed by atoms with Gasteiger partial charge >= 0.3 is 0 Å². The van der Waals surface area contributed by atoms with Crippen LogP contribution in [0.15, 0.2) is 79.1 Å². The van der Waals surface area contributed by atoms with Crippen molar-refractivity contribution in [2.75, 3.05) is 26.8 Å². The molecule has 1 aliphatic rings. The van der Waals surface area contributed by atoms with Gasteiger partial charge in [0.15, 0.2) is 4.80 Å². The van der Waals surface area contributed by atoms with Crippen molar-refractivity contribution in [1.82, 2.24) is 9.47 Å². The number of carbonyl (C=O) groups excluding carboxylic acids is 1. The fourth-order valence-electron chi connectivity index (χ4n) is 4.56. The minimum absolute atomic E-state index is 0.144. The Morgan fingerprint density at radius 3 is 2.49 bits per heavy atom. The van der Waals surface area contributed by atoms with Crippen molar-refractivity contribution in [1.29, 1.82) is 0 Å². The number of hydrogen-bond donors (Lipinski definition) is 0. The normalized spacial score (nSPS) is 15.0. The number of methoxy groups -OCH3 is 1. The number of halogens is 2. The second kappa shape index (κ2) is 12.5. The predicted octanol–water partition coefficient (Wildman–Crippen LogP) is 5.20. The molecule has 0 bridgehead atoms. The van der Waals surface area contributed by atoms with Crippen LogP contribution in [0.2, 0.25) is 0 Å². The van der Waals surface area contributed by atoms with Crippen LogP contribution in [-0.2, 0) is 4.79 Å². The monoisotopic (exact) mass is 673 g/mol. The minimum Gasteiger partial charge on any atom is -0.496 e. The number of ether oxygens (including phenoxy) is 2. The highest BCUT2D eigenvalue weighted by atomic mass is 79.9. The molecule has 1 atom stereocenters. The van der Waals surface area contributed by atoms with Crippen LogP contribution in [0.1, 0.15) is 37.9 Å². The van der Waals surface area contributed by atoms with Gasteiger partial charge in [-0.1, -0.05) is 42.2 Å². The number of para-hydroxylation sites is 1. The molecule has 0 unspecified atom stereocenters. The number of likely N-dealkylation sites (N-methyl/N-ethyl adjacent to an activating group) is 1. The molecule has 0 N–H and O–H groups in total. The summed E-state index contributed by atoms with van der Waals surface area (Å²) in [5.74, 6) is 1.11. The molecule has 2 heterocycles. The van der Waals surface area contributed by atoms with E-state index in [2.05, 4.69) is 38.4 Å². The molecule has 4 rings (SSSR count). The average Bonchev–Trinajstić information content (AvgIpc) is 3.22. The highest BCUT2D eigenvalue weighted by Gasteiger charge is 2.35. The first-order valence-electron chi connectivity index (χ1n) is 12.4. The maximum absolute atomic E-state index is 14.0. The van der Waals surface area contributed by atoms with E-state index in [1.165, 1.54) is 11.3 Å². The second-order valence-corrected chi connectivity index (χ2v) is 11.4. The Balaban J connectivity index is 1.94. The number of fused-ring (bicyclic) bond motifs is 1. The summed E-state index contributed by atoms with van der Waals surface area (Å²) in [4.78, 5) is 34.8. The van der Waals surface area contributed by atoms with E-state index in [1.807, 2.05) is 63.2 Å². The first-order valence-corrected chi connectivity index (χ1v) is 14.8. The number of thiazole rings is 1. The molecule has 10 heteroatoms. The molecule has 1 amide bonds. The van der Waals surface area contributed by atoms with Gasteiger partial charge in [-0.15, -0.1) is 0 Å². The van der Waals surface area contributed by atoms with Crippen LogP contribution in [0.25, 0.3) is 6.08 Å². The minimum atomic E-state index is -0.680. The third kappa shape index (κ3) is 5.69. The second-order valence-electron chi connectivity index (χ2n) is 8.71. The van der Waals surface area contributed by atoms with Gasteiger partial charge in [-0.2, -0.15) is 0 Å². The molecule has 204 valence electrons. The topological polar surface area (TPSA) is 73.1 Å². The van der Waals surface area contributed by atoms with Crippen molar-refractivity contribution in [3.63, 3.8) is 0 Å². The van der Waals surface area contributed by atoms with E-state index < -0.39 is 6.04 Å². The number of rotatable bonds is 9. The Morgan fingerprint density at radius 2 is 1.87 bits per heavy atom. The lowest BCUT2D eigenvalue weighted by Gasteiger charge is -2.29. The number of allylic oxidation sites excluding steroid dienone is 1. The van der Waals surface area contributed by atoms with Gasteiger partial charge in [0.1, 0.15) is 24.1 Å². The van der Waals surface area contributed by atoms with Crippen LogP contribution >= 0.6 is 43.2 Å². The Bertz CT molecular complexity index is 1610. The third-order valence-corrected chi connectivity index (χ3v) is 8.56. The third-order valence-electron chi connectivity index (χ3n) is 6.40. The quantitative estimate of drug-likeness (QED) is 0.293. The number of hydrogen-bond acceptors (Lipinski definition) is 6. The first-order chi connectivity index (χ1) is 18.7. The van der Waals surface area contributed by atoms with Gasteiger partial charge in [-0.25, -0.2) is 4.99 Å². The summed E-state index contributed by atoms with van der Waals surface area (Å²) in [6, 6.07) is 10.6. The Labute approximate surface area is 248 Å². The van der Waals surface area contributed by atoms with Gasteiger partial charge in [0.2, 0.25) is 0 Å². The van der Waals surface area contributed by atoms with Gasteiger partial charge in [0.05, 0.1) is 31.9 Å². The molecule has 3 aromatic rings. The lowest BCUT2D eigenvalue weighted by atomic mass is 9.94. The van der Waals surface area contributed by atoms with E-state index in [9.17, 15) is 9.59 Å². The number of nitrogens with zero attached hydrogens (tertiary/aromatic N) is 3. The molecule has 39 heavy (non-hydrogen) atoms. The molecular formula is C29H29Br2N3O4S. The number of aromatic nitrogens is 1.